The number of aliphatic carboxylic acids is 1. The molecule has 0 spiro atoms. The molecule has 3 aromatic carbocycles. The van der Waals surface area contributed by atoms with E-state index in [1.54, 1.807) is 48.5 Å². The van der Waals surface area contributed by atoms with Crippen molar-refractivity contribution >= 4 is 38.3 Å². The van der Waals surface area contributed by atoms with Gasteiger partial charge in [0.2, 0.25) is 0 Å². The summed E-state index contributed by atoms with van der Waals surface area (Å²) in [5, 5.41) is 16.5. The Hall–Kier alpha value is -3.76. The van der Waals surface area contributed by atoms with Crippen LogP contribution in [0.5, 0.6) is 5.75 Å². The maximum atomic E-state index is 13.1. The van der Waals surface area contributed by atoms with Crippen molar-refractivity contribution in [3.63, 3.8) is 0 Å². The summed E-state index contributed by atoms with van der Waals surface area (Å²) in [5.41, 5.74) is 1.40. The summed E-state index contributed by atoms with van der Waals surface area (Å²) in [7, 11) is -2.79. The lowest BCUT2D eigenvalue weighted by Crippen LogP contribution is -2.34. The lowest BCUT2D eigenvalue weighted by molar-refractivity contribution is -0.136. The van der Waals surface area contributed by atoms with Crippen LogP contribution < -0.4 is 10.3 Å². The number of aromatic nitrogens is 3. The predicted octanol–water partition coefficient (Wildman–Crippen LogP) is 3.44. The van der Waals surface area contributed by atoms with Crippen molar-refractivity contribution in [3.05, 3.63) is 82.1 Å². The van der Waals surface area contributed by atoms with Gasteiger partial charge in [-0.25, -0.2) is 13.1 Å². The molecule has 0 aliphatic rings. The third kappa shape index (κ3) is 5.03. The number of methoxy groups -OCH3 is 1. The molecule has 35 heavy (non-hydrogen) atoms. The smallest absolute Gasteiger partial charge is 0.322 e. The van der Waals surface area contributed by atoms with Crippen LogP contribution in [-0.2, 0) is 21.2 Å². The Labute approximate surface area is 205 Å². The number of benzene rings is 3. The number of carboxylic acid groups (broad SMARTS) is 1. The molecule has 0 aliphatic carbocycles. The van der Waals surface area contributed by atoms with E-state index in [1.807, 2.05) is 0 Å². The first kappa shape index (κ1) is 24.4. The molecule has 0 amide bonds. The number of ether oxygens (including phenoxy) is 1. The average molecular weight is 514 g/mol. The number of hydrogen-bond donors (Lipinski definition) is 1. The van der Waals surface area contributed by atoms with E-state index in [-0.39, 0.29) is 23.2 Å². The van der Waals surface area contributed by atoms with E-state index >= 15 is 0 Å². The average Bonchev–Trinajstić information content (AvgIpc) is 2.85. The van der Waals surface area contributed by atoms with E-state index in [0.29, 0.717) is 16.3 Å². The zero-order chi connectivity index (χ0) is 25.2. The highest BCUT2D eigenvalue weighted by Crippen LogP contribution is 2.25. The summed E-state index contributed by atoms with van der Waals surface area (Å²) in [6, 6.07) is 17.7. The molecule has 0 saturated carbocycles. The summed E-state index contributed by atoms with van der Waals surface area (Å²) >= 11 is 5.90. The lowest BCUT2D eigenvalue weighted by atomic mass is 10.1. The van der Waals surface area contributed by atoms with Gasteiger partial charge in [0.15, 0.2) is 15.1 Å². The Balaban J connectivity index is 1.58. The number of carbonyl (C=O) groups is 1. The van der Waals surface area contributed by atoms with Crippen LogP contribution in [0.3, 0.4) is 0 Å². The maximum Gasteiger partial charge on any atom is 0.322 e. The number of sulfone groups is 1. The minimum atomic E-state index is -4.25. The molecule has 4 rings (SSSR count). The van der Waals surface area contributed by atoms with Gasteiger partial charge in [0, 0.05) is 11.6 Å². The van der Waals surface area contributed by atoms with E-state index in [1.165, 1.54) is 25.3 Å². The molecule has 0 aliphatic heterocycles. The van der Waals surface area contributed by atoms with Gasteiger partial charge in [0.05, 0.1) is 17.4 Å². The van der Waals surface area contributed by atoms with E-state index < -0.39 is 26.6 Å². The third-order valence-corrected chi connectivity index (χ3v) is 7.91. The molecule has 1 N–H and O–H groups in total. The summed E-state index contributed by atoms with van der Waals surface area (Å²) in [4.78, 5) is 24.6. The van der Waals surface area contributed by atoms with E-state index in [9.17, 15) is 23.1 Å². The first-order chi connectivity index (χ1) is 16.7. The molecule has 0 saturated heterocycles. The van der Waals surface area contributed by atoms with Crippen molar-refractivity contribution in [1.29, 1.82) is 0 Å². The van der Waals surface area contributed by atoms with Gasteiger partial charge in [-0.15, -0.1) is 5.10 Å². The van der Waals surface area contributed by atoms with Gasteiger partial charge in [-0.1, -0.05) is 41.1 Å². The van der Waals surface area contributed by atoms with Crippen LogP contribution in [0, 0.1) is 0 Å². The molecule has 0 radical (unpaired) electrons. The number of rotatable bonds is 8. The van der Waals surface area contributed by atoms with Crippen molar-refractivity contribution in [3.8, 4) is 16.9 Å². The summed E-state index contributed by atoms with van der Waals surface area (Å²) < 4.78 is 32.3. The summed E-state index contributed by atoms with van der Waals surface area (Å²) in [5.74, 6) is -1.07. The van der Waals surface area contributed by atoms with Crippen molar-refractivity contribution in [1.82, 2.24) is 15.0 Å². The third-order valence-electron chi connectivity index (χ3n) is 5.54. The molecule has 1 heterocycles. The maximum absolute atomic E-state index is 13.1. The largest absolute Gasteiger partial charge is 0.497 e. The number of hydrogen-bond acceptors (Lipinski definition) is 7. The standard InChI is InChI=1S/C24H20ClN3O6S/c1-34-18-8-11-21-20(14-18)23(29)28(27-26-21)13-12-22(24(30)31)35(32,33)19-9-4-16(5-10-19)15-2-6-17(25)7-3-15/h2-11,14,22H,12-13H2,1H3,(H,30,31). The Morgan fingerprint density at radius 1 is 1.06 bits per heavy atom. The molecule has 1 aromatic heterocycles. The number of nitrogens with zero attached hydrogens (tertiary/aromatic N) is 3. The van der Waals surface area contributed by atoms with Crippen LogP contribution in [0.1, 0.15) is 6.42 Å². The number of aryl methyl sites for hydroxylation is 1. The molecule has 0 fully saturated rings. The Morgan fingerprint density at radius 3 is 2.29 bits per heavy atom. The Bertz CT molecular complexity index is 1550. The van der Waals surface area contributed by atoms with E-state index in [2.05, 4.69) is 10.3 Å². The second-order valence-corrected chi connectivity index (χ2v) is 10.3. The first-order valence-corrected chi connectivity index (χ1v) is 12.4. The number of fused-ring (bicyclic) bond motifs is 1. The van der Waals surface area contributed by atoms with Crippen molar-refractivity contribution in [2.75, 3.05) is 7.11 Å². The molecule has 11 heteroatoms. The van der Waals surface area contributed by atoms with E-state index in [4.69, 9.17) is 16.3 Å². The van der Waals surface area contributed by atoms with Crippen LogP contribution in [0.2, 0.25) is 5.02 Å². The number of carboxylic acids is 1. The van der Waals surface area contributed by atoms with Crippen molar-refractivity contribution < 1.29 is 23.1 Å². The van der Waals surface area contributed by atoms with Crippen LogP contribution in [-0.4, -0.2) is 46.8 Å². The van der Waals surface area contributed by atoms with Gasteiger partial charge in [0.25, 0.3) is 5.56 Å². The van der Waals surface area contributed by atoms with Crippen LogP contribution in [0.25, 0.3) is 22.0 Å². The zero-order valence-electron chi connectivity index (χ0n) is 18.5. The summed E-state index contributed by atoms with van der Waals surface area (Å²) in [6.07, 6.45) is -0.374. The first-order valence-electron chi connectivity index (χ1n) is 10.4. The SMILES string of the molecule is COc1ccc2nnn(CCC(C(=O)O)S(=O)(=O)c3ccc(-c4ccc(Cl)cc4)cc3)c(=O)c2c1. The molecule has 4 aromatic rings. The number of halogens is 1. The molecule has 9 nitrogen and oxygen atoms in total. The van der Waals surface area contributed by atoms with Gasteiger partial charge in [0.1, 0.15) is 11.3 Å². The Morgan fingerprint density at radius 2 is 1.69 bits per heavy atom. The summed E-state index contributed by atoms with van der Waals surface area (Å²) in [6.45, 7) is -0.252. The highest BCUT2D eigenvalue weighted by atomic mass is 35.5. The lowest BCUT2D eigenvalue weighted by Gasteiger charge is -2.14. The quantitative estimate of drug-likeness (QED) is 0.379. The molecular weight excluding hydrogens is 494 g/mol. The van der Waals surface area contributed by atoms with Gasteiger partial charge in [-0.3, -0.25) is 9.59 Å². The van der Waals surface area contributed by atoms with Crippen LogP contribution >= 0.6 is 11.6 Å². The zero-order valence-corrected chi connectivity index (χ0v) is 20.0. The van der Waals surface area contributed by atoms with Crippen LogP contribution in [0.15, 0.2) is 76.4 Å². The normalized spacial score (nSPS) is 12.4. The van der Waals surface area contributed by atoms with Crippen molar-refractivity contribution in [2.24, 2.45) is 0 Å². The molecule has 0 bridgehead atoms. The van der Waals surface area contributed by atoms with Gasteiger partial charge < -0.3 is 9.84 Å². The Kier molecular flexibility index (Phi) is 6.86. The fourth-order valence-electron chi connectivity index (χ4n) is 3.62. The van der Waals surface area contributed by atoms with E-state index in [0.717, 1.165) is 15.8 Å². The predicted molar refractivity (Wildman–Crippen MR) is 130 cm³/mol. The second kappa shape index (κ2) is 9.85. The van der Waals surface area contributed by atoms with Gasteiger partial charge in [-0.05, 0) is 60.0 Å². The van der Waals surface area contributed by atoms with Crippen molar-refractivity contribution in [2.45, 2.75) is 23.1 Å². The monoisotopic (exact) mass is 513 g/mol. The highest BCUT2D eigenvalue weighted by Gasteiger charge is 2.34. The molecular formula is C24H20ClN3O6S. The molecule has 1 atom stereocenters. The van der Waals surface area contributed by atoms with Gasteiger partial charge >= 0.3 is 5.97 Å². The minimum Gasteiger partial charge on any atom is -0.497 e. The molecule has 180 valence electrons. The topological polar surface area (TPSA) is 128 Å². The fraction of sp³-hybridized carbons (Fsp3) is 0.167. The highest BCUT2D eigenvalue weighted by molar-refractivity contribution is 7.92. The van der Waals surface area contributed by atoms with Gasteiger partial charge in [-0.2, -0.15) is 0 Å². The van der Waals surface area contributed by atoms with Crippen LogP contribution in [0.4, 0.5) is 0 Å². The fourth-order valence-corrected chi connectivity index (χ4v) is 5.27. The molecule has 1 unspecified atom stereocenters. The second-order valence-electron chi connectivity index (χ2n) is 7.69. The minimum absolute atomic E-state index is 0.135.